The van der Waals surface area contributed by atoms with Gasteiger partial charge in [-0.25, -0.2) is 0 Å². The van der Waals surface area contributed by atoms with Crippen LogP contribution in [0.1, 0.15) is 57.4 Å². The molecule has 1 aromatic carbocycles. The van der Waals surface area contributed by atoms with Gasteiger partial charge in [0.15, 0.2) is 0 Å². The fourth-order valence-electron chi connectivity index (χ4n) is 2.50. The van der Waals surface area contributed by atoms with Crippen LogP contribution in [0.5, 0.6) is 0 Å². The van der Waals surface area contributed by atoms with Gasteiger partial charge in [0.2, 0.25) is 0 Å². The first-order valence-electron chi connectivity index (χ1n) is 8.20. The molecule has 1 aromatic rings. The lowest BCUT2D eigenvalue weighted by Crippen LogP contribution is -2.26. The zero-order valence-corrected chi connectivity index (χ0v) is 13.3. The Labute approximate surface area is 129 Å². The number of aliphatic carboxylic acids is 1. The summed E-state index contributed by atoms with van der Waals surface area (Å²) in [5, 5.41) is 8.77. The number of nitrogens with zero attached hydrogens (tertiary/aromatic N) is 1. The first-order chi connectivity index (χ1) is 10.2. The van der Waals surface area contributed by atoms with Crippen molar-refractivity contribution in [2.24, 2.45) is 0 Å². The maximum atomic E-state index is 10.7. The number of hydrogen-bond donors (Lipinski definition) is 1. The number of rotatable bonds is 12. The minimum absolute atomic E-state index is 0.265. The van der Waals surface area contributed by atoms with Crippen LogP contribution in [0.25, 0.3) is 0 Å². The summed E-state index contributed by atoms with van der Waals surface area (Å²) < 4.78 is 0. The SMILES string of the molecule is CCCCCCCN(CCCC(=O)O)Cc1ccccc1. The molecular formula is C18H29NO2. The number of carbonyl (C=O) groups is 1. The molecule has 0 radical (unpaired) electrons. The number of carboxylic acids is 1. The normalized spacial score (nSPS) is 11.0. The molecular weight excluding hydrogens is 262 g/mol. The van der Waals surface area contributed by atoms with E-state index in [4.69, 9.17) is 5.11 Å². The van der Waals surface area contributed by atoms with Gasteiger partial charge in [0, 0.05) is 13.0 Å². The Morgan fingerprint density at radius 2 is 1.67 bits per heavy atom. The predicted molar refractivity (Wildman–Crippen MR) is 87.3 cm³/mol. The second-order valence-corrected chi connectivity index (χ2v) is 5.67. The maximum Gasteiger partial charge on any atom is 0.303 e. The van der Waals surface area contributed by atoms with Gasteiger partial charge in [0.1, 0.15) is 0 Å². The van der Waals surface area contributed by atoms with E-state index in [1.165, 1.54) is 37.7 Å². The van der Waals surface area contributed by atoms with Gasteiger partial charge in [-0.15, -0.1) is 0 Å². The van der Waals surface area contributed by atoms with Gasteiger partial charge >= 0.3 is 5.97 Å². The van der Waals surface area contributed by atoms with E-state index in [1.54, 1.807) is 0 Å². The molecule has 0 heterocycles. The largest absolute Gasteiger partial charge is 0.481 e. The highest BCUT2D eigenvalue weighted by atomic mass is 16.4. The third-order valence-electron chi connectivity index (χ3n) is 3.69. The Kier molecular flexibility index (Phi) is 9.55. The zero-order chi connectivity index (χ0) is 15.3. The summed E-state index contributed by atoms with van der Waals surface area (Å²) in [5.41, 5.74) is 1.31. The quantitative estimate of drug-likeness (QED) is 0.583. The van der Waals surface area contributed by atoms with Crippen molar-refractivity contribution in [1.82, 2.24) is 4.90 Å². The van der Waals surface area contributed by atoms with Crippen molar-refractivity contribution < 1.29 is 9.90 Å². The molecule has 0 aromatic heterocycles. The molecule has 0 unspecified atom stereocenters. The molecule has 1 N–H and O–H groups in total. The van der Waals surface area contributed by atoms with E-state index in [1.807, 2.05) is 6.07 Å². The minimum Gasteiger partial charge on any atom is -0.481 e. The molecule has 118 valence electrons. The Balaban J connectivity index is 2.35. The van der Waals surface area contributed by atoms with E-state index < -0.39 is 5.97 Å². The van der Waals surface area contributed by atoms with Gasteiger partial charge in [-0.2, -0.15) is 0 Å². The van der Waals surface area contributed by atoms with Crippen molar-refractivity contribution in [3.8, 4) is 0 Å². The average molecular weight is 291 g/mol. The summed E-state index contributed by atoms with van der Waals surface area (Å²) in [6.45, 7) is 5.09. The Morgan fingerprint density at radius 1 is 1.00 bits per heavy atom. The van der Waals surface area contributed by atoms with Gasteiger partial charge in [-0.1, -0.05) is 62.9 Å². The molecule has 0 saturated carbocycles. The summed E-state index contributed by atoms with van der Waals surface area (Å²) in [4.78, 5) is 13.0. The topological polar surface area (TPSA) is 40.5 Å². The van der Waals surface area contributed by atoms with Crippen LogP contribution in [0.4, 0.5) is 0 Å². The summed E-state index contributed by atoms with van der Waals surface area (Å²) in [6, 6.07) is 10.4. The van der Waals surface area contributed by atoms with Gasteiger partial charge in [0.25, 0.3) is 0 Å². The highest BCUT2D eigenvalue weighted by Crippen LogP contribution is 2.09. The Morgan fingerprint density at radius 3 is 2.33 bits per heavy atom. The third-order valence-corrected chi connectivity index (χ3v) is 3.69. The lowest BCUT2D eigenvalue weighted by Gasteiger charge is -2.22. The van der Waals surface area contributed by atoms with Gasteiger partial charge in [-0.3, -0.25) is 9.69 Å². The molecule has 0 fully saturated rings. The van der Waals surface area contributed by atoms with Crippen LogP contribution in [0, 0.1) is 0 Å². The minimum atomic E-state index is -0.697. The molecule has 1 rings (SSSR count). The van der Waals surface area contributed by atoms with Crippen molar-refractivity contribution in [1.29, 1.82) is 0 Å². The van der Waals surface area contributed by atoms with Crippen molar-refractivity contribution in [2.75, 3.05) is 13.1 Å². The molecule has 0 aliphatic rings. The predicted octanol–water partition coefficient (Wildman–Crippen LogP) is 4.32. The molecule has 0 aliphatic heterocycles. The van der Waals surface area contributed by atoms with Crippen LogP contribution in [0.3, 0.4) is 0 Å². The molecule has 0 aliphatic carbocycles. The van der Waals surface area contributed by atoms with Gasteiger partial charge in [0.05, 0.1) is 0 Å². The Bertz CT molecular complexity index is 378. The maximum absolute atomic E-state index is 10.7. The lowest BCUT2D eigenvalue weighted by atomic mass is 10.1. The molecule has 0 atom stereocenters. The first kappa shape index (κ1) is 17.7. The molecule has 0 amide bonds. The highest BCUT2D eigenvalue weighted by molar-refractivity contribution is 5.66. The number of carboxylic acid groups (broad SMARTS) is 1. The standard InChI is InChI=1S/C18H29NO2/c1-2-3-4-5-9-14-19(15-10-13-18(20)21)16-17-11-7-6-8-12-17/h6-8,11-12H,2-5,9-10,13-16H2,1H3,(H,20,21). The number of unbranched alkanes of at least 4 members (excludes halogenated alkanes) is 4. The highest BCUT2D eigenvalue weighted by Gasteiger charge is 2.07. The zero-order valence-electron chi connectivity index (χ0n) is 13.3. The van der Waals surface area contributed by atoms with Crippen LogP contribution in [0.15, 0.2) is 30.3 Å². The van der Waals surface area contributed by atoms with Crippen molar-refractivity contribution in [3.05, 3.63) is 35.9 Å². The molecule has 0 bridgehead atoms. The number of hydrogen-bond acceptors (Lipinski definition) is 2. The smallest absolute Gasteiger partial charge is 0.303 e. The van der Waals surface area contributed by atoms with E-state index in [0.29, 0.717) is 0 Å². The average Bonchev–Trinajstić information content (AvgIpc) is 2.47. The van der Waals surface area contributed by atoms with Crippen LogP contribution >= 0.6 is 0 Å². The molecule has 3 nitrogen and oxygen atoms in total. The second kappa shape index (κ2) is 11.3. The summed E-state index contributed by atoms with van der Waals surface area (Å²) in [7, 11) is 0. The van der Waals surface area contributed by atoms with E-state index in [2.05, 4.69) is 36.1 Å². The summed E-state index contributed by atoms with van der Waals surface area (Å²) >= 11 is 0. The van der Waals surface area contributed by atoms with E-state index in [9.17, 15) is 4.79 Å². The summed E-state index contributed by atoms with van der Waals surface area (Å²) in [6.07, 6.45) is 7.38. The summed E-state index contributed by atoms with van der Waals surface area (Å²) in [5.74, 6) is -0.697. The second-order valence-electron chi connectivity index (χ2n) is 5.67. The van der Waals surface area contributed by atoms with Crippen LogP contribution in [-0.4, -0.2) is 29.1 Å². The monoisotopic (exact) mass is 291 g/mol. The molecule has 3 heteroatoms. The van der Waals surface area contributed by atoms with E-state index in [-0.39, 0.29) is 6.42 Å². The number of benzene rings is 1. The van der Waals surface area contributed by atoms with Crippen LogP contribution in [-0.2, 0) is 11.3 Å². The van der Waals surface area contributed by atoms with Crippen molar-refractivity contribution >= 4 is 5.97 Å². The Hall–Kier alpha value is -1.35. The van der Waals surface area contributed by atoms with Crippen LogP contribution < -0.4 is 0 Å². The van der Waals surface area contributed by atoms with Gasteiger partial charge < -0.3 is 5.11 Å². The molecule has 21 heavy (non-hydrogen) atoms. The fourth-order valence-corrected chi connectivity index (χ4v) is 2.50. The first-order valence-corrected chi connectivity index (χ1v) is 8.20. The molecule has 0 spiro atoms. The third kappa shape index (κ3) is 9.24. The van der Waals surface area contributed by atoms with Crippen LogP contribution in [0.2, 0.25) is 0 Å². The van der Waals surface area contributed by atoms with Crippen molar-refractivity contribution in [2.45, 2.75) is 58.4 Å². The fraction of sp³-hybridized carbons (Fsp3) is 0.611. The van der Waals surface area contributed by atoms with Crippen molar-refractivity contribution in [3.63, 3.8) is 0 Å². The lowest BCUT2D eigenvalue weighted by molar-refractivity contribution is -0.137. The molecule has 0 saturated heterocycles. The van der Waals surface area contributed by atoms with Gasteiger partial charge in [-0.05, 0) is 31.5 Å². The van der Waals surface area contributed by atoms with E-state index >= 15 is 0 Å². The van der Waals surface area contributed by atoms with E-state index in [0.717, 1.165) is 26.1 Å².